The van der Waals surface area contributed by atoms with Crippen LogP contribution >= 0.6 is 0 Å². The number of nitrogen functional groups attached to an aromatic ring is 2. The second-order valence-corrected chi connectivity index (χ2v) is 4.13. The first kappa shape index (κ1) is 12.0. The average molecular weight is 242 g/mol. The third kappa shape index (κ3) is 2.13. The lowest BCUT2D eigenvalue weighted by atomic mass is 10.1. The molecule has 0 aliphatic carbocycles. The van der Waals surface area contributed by atoms with Crippen LogP contribution in [0.2, 0.25) is 0 Å². The summed E-state index contributed by atoms with van der Waals surface area (Å²) in [6.45, 7) is 5.11. The van der Waals surface area contributed by atoms with Crippen LogP contribution in [0.3, 0.4) is 0 Å². The van der Waals surface area contributed by atoms with E-state index in [1.807, 2.05) is 12.1 Å². The van der Waals surface area contributed by atoms with Crippen LogP contribution in [0.25, 0.3) is 10.8 Å². The Morgan fingerprint density at radius 1 is 1.22 bits per heavy atom. The van der Waals surface area contributed by atoms with Gasteiger partial charge in [-0.25, -0.2) is 4.79 Å². The quantitative estimate of drug-likeness (QED) is 0.367. The zero-order valence-corrected chi connectivity index (χ0v) is 10.1. The highest BCUT2D eigenvalue weighted by molar-refractivity contribution is 5.99. The first-order valence-corrected chi connectivity index (χ1v) is 5.44. The van der Waals surface area contributed by atoms with Gasteiger partial charge in [0.15, 0.2) is 5.75 Å². The summed E-state index contributed by atoms with van der Waals surface area (Å²) in [6.07, 6.45) is 0. The summed E-state index contributed by atoms with van der Waals surface area (Å²) in [5.41, 5.74) is 13.1. The summed E-state index contributed by atoms with van der Waals surface area (Å²) in [5, 5.41) is 1.71. The minimum Gasteiger partial charge on any atom is -0.421 e. The first-order chi connectivity index (χ1) is 8.49. The predicted octanol–water partition coefficient (Wildman–Crippen LogP) is 2.49. The number of esters is 1. The molecule has 4 heteroatoms. The smallest absolute Gasteiger partial charge is 0.338 e. The van der Waals surface area contributed by atoms with Gasteiger partial charge in [-0.05, 0) is 30.5 Å². The SMILES string of the molecule is C=C(C)C(=O)Oc1ccc2cc(N)ccc2c1N. The van der Waals surface area contributed by atoms with Gasteiger partial charge in [0.25, 0.3) is 0 Å². The molecule has 18 heavy (non-hydrogen) atoms. The molecule has 2 aromatic carbocycles. The summed E-state index contributed by atoms with van der Waals surface area (Å²) < 4.78 is 5.15. The van der Waals surface area contributed by atoms with E-state index in [-0.39, 0.29) is 0 Å². The van der Waals surface area contributed by atoms with Crippen LogP contribution in [0.15, 0.2) is 42.5 Å². The predicted molar refractivity (Wildman–Crippen MR) is 73.2 cm³/mol. The third-order valence-corrected chi connectivity index (χ3v) is 2.60. The second-order valence-electron chi connectivity index (χ2n) is 4.13. The van der Waals surface area contributed by atoms with Crippen molar-refractivity contribution in [3.63, 3.8) is 0 Å². The van der Waals surface area contributed by atoms with Crippen molar-refractivity contribution in [2.45, 2.75) is 6.92 Å². The number of fused-ring (bicyclic) bond motifs is 1. The van der Waals surface area contributed by atoms with Crippen molar-refractivity contribution < 1.29 is 9.53 Å². The Hall–Kier alpha value is -2.49. The monoisotopic (exact) mass is 242 g/mol. The molecule has 0 fully saturated rings. The number of benzene rings is 2. The number of carbonyl (C=O) groups excluding carboxylic acids is 1. The fraction of sp³-hybridized carbons (Fsp3) is 0.0714. The lowest BCUT2D eigenvalue weighted by Crippen LogP contribution is -2.09. The zero-order valence-electron chi connectivity index (χ0n) is 10.1. The Bertz CT molecular complexity index is 648. The van der Waals surface area contributed by atoms with E-state index in [0.29, 0.717) is 22.7 Å². The van der Waals surface area contributed by atoms with Crippen molar-refractivity contribution in [3.8, 4) is 5.75 Å². The van der Waals surface area contributed by atoms with Gasteiger partial charge in [0.05, 0.1) is 5.69 Å². The Labute approximate surface area is 105 Å². The van der Waals surface area contributed by atoms with Gasteiger partial charge >= 0.3 is 5.97 Å². The van der Waals surface area contributed by atoms with Gasteiger partial charge in [0.1, 0.15) is 0 Å². The molecule has 4 nitrogen and oxygen atoms in total. The maximum absolute atomic E-state index is 11.5. The molecule has 2 rings (SSSR count). The fourth-order valence-corrected chi connectivity index (χ4v) is 1.63. The largest absolute Gasteiger partial charge is 0.421 e. The van der Waals surface area contributed by atoms with Gasteiger partial charge in [0.2, 0.25) is 0 Å². The number of hydrogen-bond donors (Lipinski definition) is 2. The molecule has 4 N–H and O–H groups in total. The molecule has 0 saturated heterocycles. The summed E-state index contributed by atoms with van der Waals surface area (Å²) in [5.74, 6) is -0.156. The van der Waals surface area contributed by atoms with Crippen molar-refractivity contribution in [2.75, 3.05) is 11.5 Å². The molecular weight excluding hydrogens is 228 g/mol. The minimum atomic E-state index is -0.489. The highest BCUT2D eigenvalue weighted by Crippen LogP contribution is 2.31. The Balaban J connectivity index is 2.48. The van der Waals surface area contributed by atoms with Crippen LogP contribution < -0.4 is 16.2 Å². The van der Waals surface area contributed by atoms with Crippen LogP contribution in [0, 0.1) is 0 Å². The van der Waals surface area contributed by atoms with Gasteiger partial charge in [-0.2, -0.15) is 0 Å². The van der Waals surface area contributed by atoms with Crippen molar-refractivity contribution in [1.82, 2.24) is 0 Å². The number of anilines is 2. The number of ether oxygens (including phenoxy) is 1. The standard InChI is InChI=1S/C14H14N2O2/c1-8(2)14(17)18-12-6-3-9-7-10(15)4-5-11(9)13(12)16/h3-7H,1,15-16H2,2H3. The molecule has 0 aliphatic heterocycles. The van der Waals surface area contributed by atoms with Gasteiger partial charge in [-0.3, -0.25) is 0 Å². The maximum Gasteiger partial charge on any atom is 0.338 e. The summed E-state index contributed by atoms with van der Waals surface area (Å²) in [4.78, 5) is 11.5. The third-order valence-electron chi connectivity index (χ3n) is 2.60. The van der Waals surface area contributed by atoms with E-state index >= 15 is 0 Å². The summed E-state index contributed by atoms with van der Waals surface area (Å²) >= 11 is 0. The van der Waals surface area contributed by atoms with Gasteiger partial charge < -0.3 is 16.2 Å². The molecule has 0 heterocycles. The summed E-state index contributed by atoms with van der Waals surface area (Å²) in [7, 11) is 0. The molecule has 2 aromatic rings. The number of carbonyl (C=O) groups is 1. The minimum absolute atomic E-state index is 0.326. The van der Waals surface area contributed by atoms with Gasteiger partial charge in [-0.15, -0.1) is 0 Å². The normalized spacial score (nSPS) is 10.3. The molecule has 0 spiro atoms. The molecule has 0 radical (unpaired) electrons. The van der Waals surface area contributed by atoms with Crippen molar-refractivity contribution in [2.24, 2.45) is 0 Å². The Kier molecular flexibility index (Phi) is 2.93. The van der Waals surface area contributed by atoms with E-state index in [9.17, 15) is 4.79 Å². The lowest BCUT2D eigenvalue weighted by Gasteiger charge is -2.10. The van der Waals surface area contributed by atoms with Crippen LogP contribution in [0.4, 0.5) is 11.4 Å². The first-order valence-electron chi connectivity index (χ1n) is 5.44. The van der Waals surface area contributed by atoms with Crippen LogP contribution in [-0.4, -0.2) is 5.97 Å². The zero-order chi connectivity index (χ0) is 13.3. The highest BCUT2D eigenvalue weighted by Gasteiger charge is 2.10. The van der Waals surface area contributed by atoms with Crippen molar-refractivity contribution in [3.05, 3.63) is 42.5 Å². The molecule has 0 bridgehead atoms. The molecular formula is C14H14N2O2. The molecule has 0 aromatic heterocycles. The molecule has 0 unspecified atom stereocenters. The molecule has 0 saturated carbocycles. The van der Waals surface area contributed by atoms with Crippen LogP contribution in [0.1, 0.15) is 6.92 Å². The molecule has 0 amide bonds. The highest BCUT2D eigenvalue weighted by atomic mass is 16.5. The Morgan fingerprint density at radius 2 is 1.94 bits per heavy atom. The van der Waals surface area contributed by atoms with E-state index in [0.717, 1.165) is 10.8 Å². The topological polar surface area (TPSA) is 78.3 Å². The Morgan fingerprint density at radius 3 is 2.61 bits per heavy atom. The van der Waals surface area contributed by atoms with Gasteiger partial charge in [-0.1, -0.05) is 18.7 Å². The molecule has 0 atom stereocenters. The fourth-order valence-electron chi connectivity index (χ4n) is 1.63. The second kappa shape index (κ2) is 4.41. The van der Waals surface area contributed by atoms with Crippen LogP contribution in [0.5, 0.6) is 5.75 Å². The van der Waals surface area contributed by atoms with E-state index in [4.69, 9.17) is 16.2 Å². The summed E-state index contributed by atoms with van der Waals surface area (Å²) in [6, 6.07) is 8.83. The van der Waals surface area contributed by atoms with E-state index in [2.05, 4.69) is 6.58 Å². The van der Waals surface area contributed by atoms with Crippen molar-refractivity contribution >= 4 is 28.1 Å². The van der Waals surface area contributed by atoms with E-state index in [1.165, 1.54) is 0 Å². The number of nitrogens with two attached hydrogens (primary N) is 2. The average Bonchev–Trinajstić information content (AvgIpc) is 2.32. The molecule has 92 valence electrons. The molecule has 0 aliphatic rings. The maximum atomic E-state index is 11.5. The van der Waals surface area contributed by atoms with E-state index in [1.54, 1.807) is 25.1 Å². The van der Waals surface area contributed by atoms with E-state index < -0.39 is 5.97 Å². The number of hydrogen-bond acceptors (Lipinski definition) is 4. The number of rotatable bonds is 2. The van der Waals surface area contributed by atoms with Gasteiger partial charge in [0, 0.05) is 16.6 Å². The van der Waals surface area contributed by atoms with Crippen LogP contribution in [-0.2, 0) is 4.79 Å². The van der Waals surface area contributed by atoms with Crippen molar-refractivity contribution in [1.29, 1.82) is 0 Å². The lowest BCUT2D eigenvalue weighted by molar-refractivity contribution is -0.130.